The molecule has 0 saturated carbocycles. The highest BCUT2D eigenvalue weighted by Crippen LogP contribution is 2.45. The first-order valence-corrected chi connectivity index (χ1v) is 6.85. The lowest BCUT2D eigenvalue weighted by Crippen LogP contribution is -2.24. The van der Waals surface area contributed by atoms with E-state index in [1.54, 1.807) is 37.4 Å². The van der Waals surface area contributed by atoms with Gasteiger partial charge in [0.1, 0.15) is 22.9 Å². The van der Waals surface area contributed by atoms with E-state index in [0.717, 1.165) is 5.06 Å². The molecule has 1 aliphatic rings. The Kier molecular flexibility index (Phi) is 3.71. The molecule has 2 aromatic carbocycles. The molecule has 0 radical (unpaired) electrons. The first-order valence-electron chi connectivity index (χ1n) is 6.85. The molecule has 0 aliphatic carbocycles. The lowest BCUT2D eigenvalue weighted by Gasteiger charge is -2.21. The van der Waals surface area contributed by atoms with E-state index < -0.39 is 12.1 Å². The van der Waals surface area contributed by atoms with Crippen LogP contribution in [-0.2, 0) is 0 Å². The molecule has 23 heavy (non-hydrogen) atoms. The Morgan fingerprint density at radius 1 is 1.22 bits per heavy atom. The van der Waals surface area contributed by atoms with Crippen LogP contribution in [0.3, 0.4) is 0 Å². The molecule has 1 unspecified atom stereocenters. The molecule has 3 N–H and O–H groups in total. The van der Waals surface area contributed by atoms with E-state index in [0.29, 0.717) is 28.5 Å². The number of amides is 1. The van der Waals surface area contributed by atoms with Crippen LogP contribution in [0.5, 0.6) is 17.2 Å². The second-order valence-corrected chi connectivity index (χ2v) is 4.97. The number of hydrogen-bond acceptors (Lipinski definition) is 6. The van der Waals surface area contributed by atoms with Crippen LogP contribution in [0.15, 0.2) is 36.4 Å². The van der Waals surface area contributed by atoms with Crippen molar-refractivity contribution in [3.8, 4) is 17.2 Å². The molecule has 0 fully saturated rings. The predicted octanol–water partition coefficient (Wildman–Crippen LogP) is 2.09. The fraction of sp³-hybridized carbons (Fsp3) is 0.188. The average molecular weight is 316 g/mol. The second-order valence-electron chi connectivity index (χ2n) is 4.97. The van der Waals surface area contributed by atoms with E-state index in [1.807, 2.05) is 0 Å². The van der Waals surface area contributed by atoms with Gasteiger partial charge in [0.05, 0.1) is 19.8 Å². The van der Waals surface area contributed by atoms with Crippen molar-refractivity contribution in [1.29, 1.82) is 0 Å². The number of hydroxylamine groups is 1. The highest BCUT2D eigenvalue weighted by Gasteiger charge is 2.34. The monoisotopic (exact) mass is 316 g/mol. The van der Waals surface area contributed by atoms with Gasteiger partial charge in [-0.1, -0.05) is 0 Å². The highest BCUT2D eigenvalue weighted by molar-refractivity contribution is 5.94. The highest BCUT2D eigenvalue weighted by atomic mass is 16.6. The first kappa shape index (κ1) is 15.0. The van der Waals surface area contributed by atoms with Crippen molar-refractivity contribution in [3.05, 3.63) is 47.5 Å². The van der Waals surface area contributed by atoms with Crippen LogP contribution in [0, 0.1) is 0 Å². The van der Waals surface area contributed by atoms with Crippen LogP contribution in [0.4, 0.5) is 5.69 Å². The number of rotatable bonds is 4. The topological polar surface area (TPSA) is 94.2 Å². The molecule has 1 atom stereocenters. The number of hydrogen-bond donors (Lipinski definition) is 2. The summed E-state index contributed by atoms with van der Waals surface area (Å²) in [6.45, 7) is 0. The zero-order chi connectivity index (χ0) is 16.6. The van der Waals surface area contributed by atoms with Gasteiger partial charge in [-0.05, 0) is 36.4 Å². The number of benzene rings is 2. The summed E-state index contributed by atoms with van der Waals surface area (Å²) in [6, 6.07) is 9.80. The van der Waals surface area contributed by atoms with Crippen molar-refractivity contribution in [2.45, 2.75) is 6.23 Å². The van der Waals surface area contributed by atoms with E-state index in [-0.39, 0.29) is 5.56 Å². The summed E-state index contributed by atoms with van der Waals surface area (Å²) < 4.78 is 16.3. The molecule has 0 saturated heterocycles. The number of anilines is 1. The number of nitrogens with zero attached hydrogens (tertiary/aromatic N) is 1. The normalized spacial score (nSPS) is 15.8. The van der Waals surface area contributed by atoms with Crippen molar-refractivity contribution in [3.63, 3.8) is 0 Å². The third kappa shape index (κ3) is 2.51. The zero-order valence-corrected chi connectivity index (χ0v) is 12.6. The van der Waals surface area contributed by atoms with Crippen molar-refractivity contribution in [2.75, 3.05) is 19.3 Å². The fourth-order valence-electron chi connectivity index (χ4n) is 2.47. The average Bonchev–Trinajstić information content (AvgIpc) is 2.90. The lowest BCUT2D eigenvalue weighted by atomic mass is 10.1. The van der Waals surface area contributed by atoms with Crippen molar-refractivity contribution in [1.82, 2.24) is 0 Å². The molecule has 0 bridgehead atoms. The summed E-state index contributed by atoms with van der Waals surface area (Å²) in [5.41, 5.74) is 6.49. The first-order chi connectivity index (χ1) is 11.0. The van der Waals surface area contributed by atoms with Crippen molar-refractivity contribution in [2.24, 2.45) is 5.73 Å². The maximum Gasteiger partial charge on any atom is 0.248 e. The summed E-state index contributed by atoms with van der Waals surface area (Å²) >= 11 is 0. The van der Waals surface area contributed by atoms with Gasteiger partial charge in [0.2, 0.25) is 12.1 Å². The minimum absolute atomic E-state index is 0.282. The maximum atomic E-state index is 11.3. The van der Waals surface area contributed by atoms with Gasteiger partial charge in [-0.25, -0.2) is 5.06 Å². The zero-order valence-electron chi connectivity index (χ0n) is 12.6. The number of fused-ring (bicyclic) bond motifs is 1. The smallest absolute Gasteiger partial charge is 0.248 e. The quantitative estimate of drug-likeness (QED) is 0.897. The molecule has 7 heteroatoms. The molecule has 0 spiro atoms. The van der Waals surface area contributed by atoms with Crippen LogP contribution in [-0.4, -0.2) is 25.3 Å². The van der Waals surface area contributed by atoms with Crippen LogP contribution in [0.25, 0.3) is 0 Å². The number of carbonyl (C=O) groups is 1. The molecule has 1 amide bonds. The Morgan fingerprint density at radius 2 is 2.00 bits per heavy atom. The van der Waals surface area contributed by atoms with Crippen molar-refractivity contribution < 1.29 is 24.2 Å². The van der Waals surface area contributed by atoms with Gasteiger partial charge >= 0.3 is 0 Å². The van der Waals surface area contributed by atoms with Crippen molar-refractivity contribution >= 4 is 11.6 Å². The molecular weight excluding hydrogens is 300 g/mol. The lowest BCUT2D eigenvalue weighted by molar-refractivity contribution is 0.1000. The van der Waals surface area contributed by atoms with E-state index in [2.05, 4.69) is 0 Å². The van der Waals surface area contributed by atoms with Gasteiger partial charge in [0.25, 0.3) is 0 Å². The Hall–Kier alpha value is -2.93. The summed E-state index contributed by atoms with van der Waals surface area (Å²) in [5, 5.41) is 11.4. The predicted molar refractivity (Wildman–Crippen MR) is 82.1 cm³/mol. The summed E-state index contributed by atoms with van der Waals surface area (Å²) in [7, 11) is 3.08. The molecule has 2 aromatic rings. The third-order valence-electron chi connectivity index (χ3n) is 3.65. The number of nitrogens with two attached hydrogens (primary N) is 1. The Morgan fingerprint density at radius 3 is 2.65 bits per heavy atom. The summed E-state index contributed by atoms with van der Waals surface area (Å²) in [6.07, 6.45) is -0.821. The van der Waals surface area contributed by atoms with Gasteiger partial charge in [0, 0.05) is 5.56 Å². The Balaban J connectivity index is 2.02. The van der Waals surface area contributed by atoms with Crippen LogP contribution in [0.1, 0.15) is 22.1 Å². The number of ether oxygens (including phenoxy) is 3. The molecule has 1 aliphatic heterocycles. The maximum absolute atomic E-state index is 11.3. The minimum Gasteiger partial charge on any atom is -0.497 e. The van der Waals surface area contributed by atoms with Crippen LogP contribution in [0.2, 0.25) is 0 Å². The number of carbonyl (C=O) groups excluding carboxylic acids is 1. The van der Waals surface area contributed by atoms with Crippen LogP contribution < -0.4 is 25.0 Å². The molecular formula is C16H16N2O5. The van der Waals surface area contributed by atoms with E-state index in [9.17, 15) is 10.0 Å². The van der Waals surface area contributed by atoms with Gasteiger partial charge < -0.3 is 19.9 Å². The van der Waals surface area contributed by atoms with Gasteiger partial charge in [-0.15, -0.1) is 0 Å². The van der Waals surface area contributed by atoms with Gasteiger partial charge in [0.15, 0.2) is 0 Å². The van der Waals surface area contributed by atoms with Gasteiger partial charge in [-0.2, -0.15) is 0 Å². The Bertz CT molecular complexity index is 762. The standard InChI is InChI=1S/C16H16N2O5/c1-21-10-4-6-13(22-2)11(8-10)16-18(20)12-7-9(15(17)19)3-5-14(12)23-16/h3-8,16,20H,1-2H3,(H2,17,19). The molecule has 1 heterocycles. The van der Waals surface area contributed by atoms with Crippen LogP contribution >= 0.6 is 0 Å². The second kappa shape index (κ2) is 5.69. The summed E-state index contributed by atoms with van der Waals surface area (Å²) in [5.74, 6) is 1.00. The summed E-state index contributed by atoms with van der Waals surface area (Å²) in [4.78, 5) is 11.3. The molecule has 7 nitrogen and oxygen atoms in total. The third-order valence-corrected chi connectivity index (χ3v) is 3.65. The SMILES string of the molecule is COc1ccc(OC)c(C2Oc3ccc(C(N)=O)cc3N2O)c1. The van der Waals surface area contributed by atoms with E-state index >= 15 is 0 Å². The molecule has 3 rings (SSSR count). The number of methoxy groups -OCH3 is 2. The largest absolute Gasteiger partial charge is 0.497 e. The Labute approximate surface area is 132 Å². The van der Waals surface area contributed by atoms with E-state index in [1.165, 1.54) is 13.2 Å². The van der Waals surface area contributed by atoms with E-state index in [4.69, 9.17) is 19.9 Å². The molecule has 0 aromatic heterocycles. The molecule has 120 valence electrons. The fourth-order valence-corrected chi connectivity index (χ4v) is 2.47. The minimum atomic E-state index is -0.821. The number of primary amides is 1. The van der Waals surface area contributed by atoms with Gasteiger partial charge in [-0.3, -0.25) is 10.0 Å².